The van der Waals surface area contributed by atoms with Gasteiger partial charge < -0.3 is 9.84 Å². The van der Waals surface area contributed by atoms with E-state index in [9.17, 15) is 5.11 Å². The predicted octanol–water partition coefficient (Wildman–Crippen LogP) is 3.68. The quantitative estimate of drug-likeness (QED) is 0.844. The Hall–Kier alpha value is -1.04. The lowest BCUT2D eigenvalue weighted by Gasteiger charge is -2.13. The van der Waals surface area contributed by atoms with Crippen LogP contribution in [-0.2, 0) is 0 Å². The van der Waals surface area contributed by atoms with Gasteiger partial charge in [0.15, 0.2) is 0 Å². The molecule has 0 radical (unpaired) electrons. The van der Waals surface area contributed by atoms with Gasteiger partial charge in [0.1, 0.15) is 17.5 Å². The summed E-state index contributed by atoms with van der Waals surface area (Å²) in [5.41, 5.74) is 0.574. The molecule has 1 unspecified atom stereocenters. The summed E-state index contributed by atoms with van der Waals surface area (Å²) in [5.74, 6) is 1.14. The van der Waals surface area contributed by atoms with Gasteiger partial charge in [-0.1, -0.05) is 12.1 Å². The molecule has 1 aromatic heterocycles. The molecule has 0 saturated heterocycles. The first-order valence-electron chi connectivity index (χ1n) is 5.76. The van der Waals surface area contributed by atoms with Crippen molar-refractivity contribution in [1.82, 2.24) is 4.98 Å². The fourth-order valence-corrected chi connectivity index (χ4v) is 3.14. The van der Waals surface area contributed by atoms with Gasteiger partial charge in [0.05, 0.1) is 7.11 Å². The molecule has 3 nitrogen and oxygen atoms in total. The summed E-state index contributed by atoms with van der Waals surface area (Å²) in [5, 5.41) is 10.2. The first-order valence-corrected chi connectivity index (χ1v) is 7.54. The van der Waals surface area contributed by atoms with E-state index in [1.807, 2.05) is 24.3 Å². The average Bonchev–Trinajstić information content (AvgIpc) is 2.46. The summed E-state index contributed by atoms with van der Waals surface area (Å²) in [4.78, 5) is 5.28. The van der Waals surface area contributed by atoms with Crippen molar-refractivity contribution in [2.45, 2.75) is 11.0 Å². The molecule has 1 atom stereocenters. The Labute approximate surface area is 125 Å². The summed E-state index contributed by atoms with van der Waals surface area (Å²) in [6.07, 6.45) is 0.998. The minimum Gasteiger partial charge on any atom is -0.495 e. The molecular formula is C14H14BrNO2S. The van der Waals surface area contributed by atoms with E-state index in [1.165, 1.54) is 0 Å². The number of aliphatic hydroxyl groups is 1. The normalized spacial score (nSPS) is 12.2. The molecule has 19 heavy (non-hydrogen) atoms. The number of methoxy groups -OCH3 is 1. The van der Waals surface area contributed by atoms with Crippen LogP contribution in [0.2, 0.25) is 0 Å². The molecule has 0 bridgehead atoms. The Morgan fingerprint density at radius 2 is 2.11 bits per heavy atom. The number of halogens is 1. The summed E-state index contributed by atoms with van der Waals surface area (Å²) in [6, 6.07) is 11.5. The molecule has 100 valence electrons. The van der Waals surface area contributed by atoms with Crippen LogP contribution in [0, 0.1) is 0 Å². The van der Waals surface area contributed by atoms with Gasteiger partial charge in [-0.25, -0.2) is 0 Å². The predicted molar refractivity (Wildman–Crippen MR) is 80.6 cm³/mol. The summed E-state index contributed by atoms with van der Waals surface area (Å²) in [6.45, 7) is 0. The van der Waals surface area contributed by atoms with Crippen LogP contribution < -0.4 is 4.74 Å². The van der Waals surface area contributed by atoms with Crippen molar-refractivity contribution < 1.29 is 9.84 Å². The van der Waals surface area contributed by atoms with E-state index in [0.29, 0.717) is 17.2 Å². The Kier molecular flexibility index (Phi) is 5.24. The minimum atomic E-state index is -0.659. The Bertz CT molecular complexity index is 550. The Morgan fingerprint density at radius 3 is 2.84 bits per heavy atom. The van der Waals surface area contributed by atoms with E-state index < -0.39 is 6.10 Å². The maximum absolute atomic E-state index is 10.2. The third-order valence-electron chi connectivity index (χ3n) is 2.57. The van der Waals surface area contributed by atoms with Crippen LogP contribution >= 0.6 is 27.7 Å². The molecule has 0 spiro atoms. The molecule has 0 aliphatic heterocycles. The van der Waals surface area contributed by atoms with Gasteiger partial charge in [-0.3, -0.25) is 4.98 Å². The van der Waals surface area contributed by atoms with Crippen molar-refractivity contribution in [3.05, 3.63) is 52.8 Å². The number of ether oxygens (including phenoxy) is 1. The molecule has 2 rings (SSSR count). The third-order valence-corrected chi connectivity index (χ3v) is 4.67. The fraction of sp³-hybridized carbons (Fsp3) is 0.214. The SMILES string of the molecule is COc1cccnc1C(O)CSc1ccccc1Br. The monoisotopic (exact) mass is 339 g/mol. The first kappa shape index (κ1) is 14.4. The van der Waals surface area contributed by atoms with Crippen molar-refractivity contribution in [2.75, 3.05) is 12.9 Å². The third kappa shape index (κ3) is 3.72. The van der Waals surface area contributed by atoms with E-state index in [-0.39, 0.29) is 0 Å². The molecule has 0 aliphatic rings. The molecule has 1 N–H and O–H groups in total. The Morgan fingerprint density at radius 1 is 1.32 bits per heavy atom. The van der Waals surface area contributed by atoms with Crippen LogP contribution in [0.1, 0.15) is 11.8 Å². The molecule has 0 saturated carbocycles. The molecule has 1 aromatic carbocycles. The number of nitrogens with zero attached hydrogens (tertiary/aromatic N) is 1. The van der Waals surface area contributed by atoms with Crippen LogP contribution in [0.5, 0.6) is 5.75 Å². The number of aromatic nitrogens is 1. The smallest absolute Gasteiger partial charge is 0.143 e. The van der Waals surface area contributed by atoms with Crippen LogP contribution in [0.15, 0.2) is 52.0 Å². The van der Waals surface area contributed by atoms with Gasteiger partial charge in [-0.2, -0.15) is 0 Å². The molecule has 0 amide bonds. The zero-order valence-corrected chi connectivity index (χ0v) is 12.8. The number of rotatable bonds is 5. The molecule has 1 heterocycles. The highest BCUT2D eigenvalue weighted by Crippen LogP contribution is 2.32. The van der Waals surface area contributed by atoms with Crippen molar-refractivity contribution in [3.8, 4) is 5.75 Å². The second-order valence-corrected chi connectivity index (χ2v) is 5.76. The van der Waals surface area contributed by atoms with Crippen LogP contribution in [0.3, 0.4) is 0 Å². The average molecular weight is 340 g/mol. The van der Waals surface area contributed by atoms with E-state index in [0.717, 1.165) is 9.37 Å². The zero-order valence-electron chi connectivity index (χ0n) is 10.4. The van der Waals surface area contributed by atoms with Crippen LogP contribution in [0.4, 0.5) is 0 Å². The molecule has 2 aromatic rings. The second-order valence-electron chi connectivity index (χ2n) is 3.85. The number of hydrogen-bond donors (Lipinski definition) is 1. The topological polar surface area (TPSA) is 42.4 Å². The maximum atomic E-state index is 10.2. The van der Waals surface area contributed by atoms with Crippen molar-refractivity contribution in [1.29, 1.82) is 0 Å². The number of benzene rings is 1. The second kappa shape index (κ2) is 6.93. The minimum absolute atomic E-state index is 0.524. The van der Waals surface area contributed by atoms with Crippen LogP contribution in [0.25, 0.3) is 0 Å². The van der Waals surface area contributed by atoms with Gasteiger partial charge in [-0.05, 0) is 40.2 Å². The lowest BCUT2D eigenvalue weighted by Crippen LogP contribution is -2.05. The van der Waals surface area contributed by atoms with Gasteiger partial charge in [-0.15, -0.1) is 11.8 Å². The largest absolute Gasteiger partial charge is 0.495 e. The van der Waals surface area contributed by atoms with Crippen molar-refractivity contribution in [3.63, 3.8) is 0 Å². The van der Waals surface area contributed by atoms with Crippen molar-refractivity contribution >= 4 is 27.7 Å². The van der Waals surface area contributed by atoms with Crippen LogP contribution in [-0.4, -0.2) is 23.0 Å². The van der Waals surface area contributed by atoms with Crippen molar-refractivity contribution in [2.24, 2.45) is 0 Å². The van der Waals surface area contributed by atoms with Gasteiger partial charge >= 0.3 is 0 Å². The molecule has 5 heteroatoms. The lowest BCUT2D eigenvalue weighted by molar-refractivity contribution is 0.193. The number of hydrogen-bond acceptors (Lipinski definition) is 4. The van der Waals surface area contributed by atoms with E-state index in [2.05, 4.69) is 20.9 Å². The highest BCUT2D eigenvalue weighted by molar-refractivity contribution is 9.10. The number of aliphatic hydroxyl groups excluding tert-OH is 1. The highest BCUT2D eigenvalue weighted by Gasteiger charge is 2.15. The molecular weight excluding hydrogens is 326 g/mol. The standard InChI is InChI=1S/C14H14BrNO2S/c1-18-12-6-4-8-16-14(12)11(17)9-19-13-7-3-2-5-10(13)15/h2-8,11,17H,9H2,1H3. The highest BCUT2D eigenvalue weighted by atomic mass is 79.9. The molecule has 0 aliphatic carbocycles. The molecule has 0 fully saturated rings. The summed E-state index contributed by atoms with van der Waals surface area (Å²) < 4.78 is 6.23. The van der Waals surface area contributed by atoms with Gasteiger partial charge in [0.25, 0.3) is 0 Å². The van der Waals surface area contributed by atoms with E-state index in [4.69, 9.17) is 4.74 Å². The van der Waals surface area contributed by atoms with E-state index >= 15 is 0 Å². The maximum Gasteiger partial charge on any atom is 0.143 e. The summed E-state index contributed by atoms with van der Waals surface area (Å²) >= 11 is 5.06. The number of pyridine rings is 1. The van der Waals surface area contributed by atoms with Gasteiger partial charge in [0.2, 0.25) is 0 Å². The number of thioether (sulfide) groups is 1. The Balaban J connectivity index is 2.05. The summed E-state index contributed by atoms with van der Waals surface area (Å²) in [7, 11) is 1.58. The zero-order chi connectivity index (χ0) is 13.7. The first-order chi connectivity index (χ1) is 9.22. The fourth-order valence-electron chi connectivity index (χ4n) is 1.64. The lowest BCUT2D eigenvalue weighted by atomic mass is 10.2. The van der Waals surface area contributed by atoms with Gasteiger partial charge in [0, 0.05) is 21.3 Å². The van der Waals surface area contributed by atoms with E-state index in [1.54, 1.807) is 37.2 Å².